The Balaban J connectivity index is 1.46. The van der Waals surface area contributed by atoms with Crippen LogP contribution in [0.25, 0.3) is 0 Å². The highest BCUT2D eigenvalue weighted by molar-refractivity contribution is 7.09. The van der Waals surface area contributed by atoms with Crippen LogP contribution in [0.4, 0.5) is 9.59 Å². The van der Waals surface area contributed by atoms with Gasteiger partial charge in [-0.2, -0.15) is 0 Å². The van der Waals surface area contributed by atoms with E-state index in [2.05, 4.69) is 25.8 Å². The fourth-order valence-electron chi connectivity index (χ4n) is 5.47. The van der Waals surface area contributed by atoms with Gasteiger partial charge in [-0.3, -0.25) is 14.7 Å². The summed E-state index contributed by atoms with van der Waals surface area (Å²) in [7, 11) is 0. The van der Waals surface area contributed by atoms with Crippen molar-refractivity contribution in [3.05, 3.63) is 88.4 Å². The van der Waals surface area contributed by atoms with Crippen molar-refractivity contribution in [1.29, 1.82) is 0 Å². The van der Waals surface area contributed by atoms with Crippen LogP contribution in [0.3, 0.4) is 0 Å². The van der Waals surface area contributed by atoms with Crippen LogP contribution in [-0.4, -0.2) is 84.6 Å². The summed E-state index contributed by atoms with van der Waals surface area (Å²) in [4.78, 5) is 46.7. The largest absolute Gasteiger partial charge is 0.444 e. The molecule has 0 spiro atoms. The zero-order chi connectivity index (χ0) is 34.2. The summed E-state index contributed by atoms with van der Waals surface area (Å²) >= 11 is 1.43. The van der Waals surface area contributed by atoms with Crippen LogP contribution in [0.2, 0.25) is 0 Å². The molecule has 0 unspecified atom stereocenters. The van der Waals surface area contributed by atoms with Crippen molar-refractivity contribution >= 4 is 29.4 Å². The third kappa shape index (κ3) is 14.0. The second-order valence-corrected chi connectivity index (χ2v) is 14.0. The topological polar surface area (TPSA) is 131 Å². The Hall–Kier alpha value is -4.00. The maximum Gasteiger partial charge on any atom is 0.408 e. The quantitative estimate of drug-likeness (QED) is 0.191. The van der Waals surface area contributed by atoms with Gasteiger partial charge >= 0.3 is 12.2 Å². The van der Waals surface area contributed by atoms with E-state index in [1.807, 2.05) is 60.7 Å². The fourth-order valence-corrected chi connectivity index (χ4v) is 5.97. The van der Waals surface area contributed by atoms with Gasteiger partial charge in [0.15, 0.2) is 0 Å². The van der Waals surface area contributed by atoms with Crippen LogP contribution in [0.15, 0.2) is 72.4 Å². The first kappa shape index (κ1) is 36.8. The predicted octanol–water partition coefficient (Wildman–Crippen LogP) is 5.10. The van der Waals surface area contributed by atoms with Crippen molar-refractivity contribution in [2.24, 2.45) is 0 Å². The number of nitrogens with one attached hydrogen (secondary N) is 3. The van der Waals surface area contributed by atoms with E-state index in [1.165, 1.54) is 11.3 Å². The van der Waals surface area contributed by atoms with Crippen LogP contribution in [0, 0.1) is 0 Å². The smallest absolute Gasteiger partial charge is 0.408 e. The van der Waals surface area contributed by atoms with Crippen LogP contribution in [0.5, 0.6) is 0 Å². The molecule has 12 heteroatoms. The van der Waals surface area contributed by atoms with E-state index in [0.29, 0.717) is 51.9 Å². The lowest BCUT2D eigenvalue weighted by Gasteiger charge is -2.30. The number of rotatable bonds is 16. The molecule has 2 heterocycles. The fraction of sp³-hybridized carbons (Fsp3) is 0.500. The predicted molar refractivity (Wildman–Crippen MR) is 186 cm³/mol. The van der Waals surface area contributed by atoms with Crippen molar-refractivity contribution in [1.82, 2.24) is 25.8 Å². The number of amides is 3. The zero-order valence-corrected chi connectivity index (χ0v) is 29.0. The number of hydrogen-bond donors (Lipinski definition) is 3. The third-order valence-electron chi connectivity index (χ3n) is 7.86. The Morgan fingerprint density at radius 3 is 2.02 bits per heavy atom. The van der Waals surface area contributed by atoms with Gasteiger partial charge in [-0.15, -0.1) is 11.3 Å². The summed E-state index contributed by atoms with van der Waals surface area (Å²) in [6.45, 7) is 9.00. The molecule has 3 N–H and O–H groups in total. The maximum absolute atomic E-state index is 13.9. The number of benzene rings is 2. The molecule has 4 rings (SSSR count). The van der Waals surface area contributed by atoms with Gasteiger partial charge in [-0.05, 0) is 64.0 Å². The number of hydrogen-bond acceptors (Lipinski definition) is 9. The number of ether oxygens (including phenoxy) is 3. The Morgan fingerprint density at radius 2 is 1.46 bits per heavy atom. The summed E-state index contributed by atoms with van der Waals surface area (Å²) in [5.41, 5.74) is 3.16. The first-order valence-corrected chi connectivity index (χ1v) is 17.5. The monoisotopic (exact) mass is 679 g/mol. The first-order chi connectivity index (χ1) is 23.1. The highest BCUT2D eigenvalue weighted by atomic mass is 32.1. The van der Waals surface area contributed by atoms with Gasteiger partial charge in [0.05, 0.1) is 23.6 Å². The molecule has 3 atom stereocenters. The number of carbonyl (C=O) groups excluding carboxylic acids is 3. The second-order valence-electron chi connectivity index (χ2n) is 13.0. The summed E-state index contributed by atoms with van der Waals surface area (Å²) < 4.78 is 16.5. The van der Waals surface area contributed by atoms with Crippen molar-refractivity contribution < 1.29 is 28.6 Å². The molecule has 1 saturated heterocycles. The highest BCUT2D eigenvalue weighted by Gasteiger charge is 2.28. The molecule has 1 aromatic heterocycles. The van der Waals surface area contributed by atoms with Crippen LogP contribution in [-0.2, 0) is 38.5 Å². The molecule has 0 saturated carbocycles. The number of morpholine rings is 1. The maximum atomic E-state index is 13.9. The molecule has 0 bridgehead atoms. The lowest BCUT2D eigenvalue weighted by molar-refractivity contribution is -0.124. The average Bonchev–Trinajstić information content (AvgIpc) is 3.59. The number of alkyl carbamates (subject to hydrolysis) is 2. The summed E-state index contributed by atoms with van der Waals surface area (Å²) in [6.07, 6.45) is 3.32. The Labute approximate surface area is 287 Å². The summed E-state index contributed by atoms with van der Waals surface area (Å²) in [5.74, 6) is -0.272. The lowest BCUT2D eigenvalue weighted by atomic mass is 9.95. The molecular weight excluding hydrogens is 630 g/mol. The van der Waals surface area contributed by atoms with Gasteiger partial charge in [0.2, 0.25) is 5.91 Å². The molecule has 260 valence electrons. The first-order valence-electron chi connectivity index (χ1n) is 16.6. The molecule has 11 nitrogen and oxygen atoms in total. The standard InChI is InChI=1S/C36H49N5O6S/c1-36(2,3)47-35(44)40-32(16-17-41-18-20-45-21-19-41)33(42)38-29(22-27-10-6-4-7-11-27)14-15-30(23-28-12-8-5-9-13-28)39-34(43)46-25-31-24-37-26-48-31/h4-13,24,26,29-30,32H,14-23,25H2,1-3H3,(H,38,42)(H,39,43)(H,40,44)/t29-,30-,32+/m1/s1. The van der Waals surface area contributed by atoms with Gasteiger partial charge in [0, 0.05) is 37.9 Å². The second kappa shape index (κ2) is 19.1. The highest BCUT2D eigenvalue weighted by Crippen LogP contribution is 2.15. The minimum Gasteiger partial charge on any atom is -0.444 e. The molecule has 3 aromatic rings. The van der Waals surface area contributed by atoms with Gasteiger partial charge in [0.25, 0.3) is 0 Å². The lowest BCUT2D eigenvalue weighted by Crippen LogP contribution is -2.52. The molecule has 0 radical (unpaired) electrons. The van der Waals surface area contributed by atoms with E-state index in [9.17, 15) is 14.4 Å². The Kier molecular flexibility index (Phi) is 14.7. The number of thiazole rings is 1. The van der Waals surface area contributed by atoms with E-state index >= 15 is 0 Å². The minimum absolute atomic E-state index is 0.151. The molecule has 2 aromatic carbocycles. The zero-order valence-electron chi connectivity index (χ0n) is 28.2. The van der Waals surface area contributed by atoms with Gasteiger partial charge in [0.1, 0.15) is 18.2 Å². The average molecular weight is 680 g/mol. The Morgan fingerprint density at radius 1 is 0.854 bits per heavy atom. The van der Waals surface area contributed by atoms with Crippen molar-refractivity contribution in [2.75, 3.05) is 32.8 Å². The van der Waals surface area contributed by atoms with E-state index in [1.54, 1.807) is 32.5 Å². The van der Waals surface area contributed by atoms with E-state index in [4.69, 9.17) is 14.2 Å². The van der Waals surface area contributed by atoms with Crippen LogP contribution < -0.4 is 16.0 Å². The molecule has 1 aliphatic heterocycles. The van der Waals surface area contributed by atoms with Gasteiger partial charge in [-0.25, -0.2) is 9.59 Å². The number of nitrogens with zero attached hydrogens (tertiary/aromatic N) is 2. The molecule has 48 heavy (non-hydrogen) atoms. The number of aromatic nitrogens is 1. The van der Waals surface area contributed by atoms with E-state index in [0.717, 1.165) is 29.1 Å². The summed E-state index contributed by atoms with van der Waals surface area (Å²) in [5, 5.41) is 9.11. The molecular formula is C36H49N5O6S. The number of carbonyl (C=O) groups is 3. The SMILES string of the molecule is CC(C)(C)OC(=O)N[C@@H](CCN1CCOCC1)C(=O)N[C@H](CC[C@H](Cc1ccccc1)NC(=O)OCc1cncs1)Cc1ccccc1. The van der Waals surface area contributed by atoms with Crippen LogP contribution in [0.1, 0.15) is 56.0 Å². The summed E-state index contributed by atoms with van der Waals surface area (Å²) in [6, 6.07) is 18.6. The molecule has 1 aliphatic rings. The molecule has 1 fully saturated rings. The van der Waals surface area contributed by atoms with E-state index in [-0.39, 0.29) is 24.6 Å². The van der Waals surface area contributed by atoms with Crippen LogP contribution >= 0.6 is 11.3 Å². The normalized spacial score (nSPS) is 15.5. The van der Waals surface area contributed by atoms with Gasteiger partial charge < -0.3 is 30.2 Å². The minimum atomic E-state index is -0.791. The van der Waals surface area contributed by atoms with Crippen molar-refractivity contribution in [2.45, 2.75) is 83.2 Å². The van der Waals surface area contributed by atoms with Crippen molar-refractivity contribution in [3.8, 4) is 0 Å². The molecule has 3 amide bonds. The third-order valence-corrected chi connectivity index (χ3v) is 8.61. The van der Waals surface area contributed by atoms with E-state index < -0.39 is 23.8 Å². The van der Waals surface area contributed by atoms with Crippen molar-refractivity contribution in [3.63, 3.8) is 0 Å². The molecule has 0 aliphatic carbocycles. The van der Waals surface area contributed by atoms with Gasteiger partial charge in [-0.1, -0.05) is 60.7 Å². The Bertz CT molecular complexity index is 1380.